The smallest absolute Gasteiger partial charge is 0.340 e. The van der Waals surface area contributed by atoms with E-state index in [1.165, 1.54) is 12.8 Å². The summed E-state index contributed by atoms with van der Waals surface area (Å²) in [5, 5.41) is 3.27. The summed E-state index contributed by atoms with van der Waals surface area (Å²) in [6, 6.07) is 2.09. The van der Waals surface area contributed by atoms with Crippen LogP contribution in [0.4, 0.5) is 11.5 Å². The third-order valence-corrected chi connectivity index (χ3v) is 3.90. The zero-order valence-corrected chi connectivity index (χ0v) is 12.8. The summed E-state index contributed by atoms with van der Waals surface area (Å²) in [5.41, 5.74) is 6.75. The van der Waals surface area contributed by atoms with Crippen LogP contribution in [0.2, 0.25) is 0 Å². The quantitative estimate of drug-likeness (QED) is 0.777. The number of hydrogen-bond donors (Lipinski definition) is 2. The van der Waals surface area contributed by atoms with E-state index >= 15 is 0 Å². The second-order valence-corrected chi connectivity index (χ2v) is 5.15. The first kappa shape index (κ1) is 15.6. The van der Waals surface area contributed by atoms with Crippen LogP contribution in [0.5, 0.6) is 0 Å². The Balaban J connectivity index is 2.03. The van der Waals surface area contributed by atoms with E-state index in [1.807, 2.05) is 0 Å². The Labute approximate surface area is 125 Å². The molecule has 1 fully saturated rings. The third-order valence-electron chi connectivity index (χ3n) is 3.90. The molecule has 1 aliphatic rings. The number of pyridine rings is 1. The molecule has 3 N–H and O–H groups in total. The first-order valence-corrected chi connectivity index (χ1v) is 7.56. The molecule has 1 atom stereocenters. The molecule has 21 heavy (non-hydrogen) atoms. The number of nitrogens with zero attached hydrogens (tertiary/aromatic N) is 2. The van der Waals surface area contributed by atoms with Crippen LogP contribution in [0.3, 0.4) is 0 Å². The van der Waals surface area contributed by atoms with Crippen molar-refractivity contribution in [1.29, 1.82) is 0 Å². The number of likely N-dealkylation sites (tertiary alicyclic amines) is 1. The van der Waals surface area contributed by atoms with Crippen LogP contribution in [0, 0.1) is 0 Å². The van der Waals surface area contributed by atoms with Crippen molar-refractivity contribution < 1.29 is 9.53 Å². The molecule has 1 aliphatic heterocycles. The number of nitrogens with one attached hydrogen (secondary N) is 1. The monoisotopic (exact) mass is 292 g/mol. The average molecular weight is 292 g/mol. The predicted octanol–water partition coefficient (Wildman–Crippen LogP) is 1.74. The number of aromatic nitrogens is 1. The SMILES string of the molecule is CCOC(=O)c1ccnc(NCC2CCCN2CC)c1N. The molecular formula is C15H24N4O2. The fourth-order valence-electron chi connectivity index (χ4n) is 2.76. The number of ether oxygens (including phenoxy) is 1. The van der Waals surface area contributed by atoms with Crippen LogP contribution in [-0.2, 0) is 4.74 Å². The van der Waals surface area contributed by atoms with Crippen molar-refractivity contribution >= 4 is 17.5 Å². The van der Waals surface area contributed by atoms with Crippen molar-refractivity contribution in [1.82, 2.24) is 9.88 Å². The molecule has 0 saturated carbocycles. The van der Waals surface area contributed by atoms with Crippen molar-refractivity contribution in [2.75, 3.05) is 37.3 Å². The van der Waals surface area contributed by atoms with Gasteiger partial charge in [0, 0.05) is 18.8 Å². The van der Waals surface area contributed by atoms with Gasteiger partial charge in [-0.05, 0) is 38.9 Å². The Morgan fingerprint density at radius 2 is 2.38 bits per heavy atom. The summed E-state index contributed by atoms with van der Waals surface area (Å²) in [4.78, 5) is 18.5. The van der Waals surface area contributed by atoms with Crippen LogP contribution in [0.25, 0.3) is 0 Å². The second-order valence-electron chi connectivity index (χ2n) is 5.15. The number of anilines is 2. The summed E-state index contributed by atoms with van der Waals surface area (Å²) >= 11 is 0. The van der Waals surface area contributed by atoms with Crippen LogP contribution in [-0.4, -0.2) is 48.1 Å². The van der Waals surface area contributed by atoms with Gasteiger partial charge in [0.05, 0.1) is 17.9 Å². The maximum atomic E-state index is 11.8. The molecule has 1 unspecified atom stereocenters. The molecule has 6 nitrogen and oxygen atoms in total. The lowest BCUT2D eigenvalue weighted by Gasteiger charge is -2.23. The van der Waals surface area contributed by atoms with Gasteiger partial charge in [0.2, 0.25) is 0 Å². The molecule has 0 spiro atoms. The van der Waals surface area contributed by atoms with E-state index in [2.05, 4.69) is 22.1 Å². The molecule has 6 heteroatoms. The Hall–Kier alpha value is -1.82. The zero-order valence-electron chi connectivity index (χ0n) is 12.8. The Morgan fingerprint density at radius 1 is 1.57 bits per heavy atom. The fraction of sp³-hybridized carbons (Fsp3) is 0.600. The highest BCUT2D eigenvalue weighted by molar-refractivity contribution is 5.97. The van der Waals surface area contributed by atoms with Gasteiger partial charge in [-0.25, -0.2) is 9.78 Å². The van der Waals surface area contributed by atoms with Crippen molar-refractivity contribution in [2.45, 2.75) is 32.7 Å². The molecule has 0 amide bonds. The number of hydrogen-bond acceptors (Lipinski definition) is 6. The highest BCUT2D eigenvalue weighted by atomic mass is 16.5. The van der Waals surface area contributed by atoms with E-state index in [4.69, 9.17) is 10.5 Å². The zero-order chi connectivity index (χ0) is 15.2. The molecular weight excluding hydrogens is 268 g/mol. The molecule has 2 heterocycles. The summed E-state index contributed by atoms with van der Waals surface area (Å²) in [7, 11) is 0. The number of esters is 1. The van der Waals surface area contributed by atoms with E-state index in [9.17, 15) is 4.79 Å². The Kier molecular flexibility index (Phi) is 5.38. The number of likely N-dealkylation sites (N-methyl/N-ethyl adjacent to an activating group) is 1. The number of carbonyl (C=O) groups is 1. The molecule has 0 aromatic carbocycles. The average Bonchev–Trinajstić information content (AvgIpc) is 2.94. The minimum absolute atomic E-state index is 0.330. The molecule has 116 valence electrons. The molecule has 1 aromatic rings. The van der Waals surface area contributed by atoms with Gasteiger partial charge in [0.1, 0.15) is 5.82 Å². The topological polar surface area (TPSA) is 80.5 Å². The highest BCUT2D eigenvalue weighted by Gasteiger charge is 2.23. The van der Waals surface area contributed by atoms with Crippen molar-refractivity contribution in [3.8, 4) is 0 Å². The fourth-order valence-corrected chi connectivity index (χ4v) is 2.76. The van der Waals surface area contributed by atoms with Gasteiger partial charge < -0.3 is 15.8 Å². The third kappa shape index (κ3) is 3.64. The van der Waals surface area contributed by atoms with E-state index in [-0.39, 0.29) is 0 Å². The lowest BCUT2D eigenvalue weighted by Crippen LogP contribution is -2.35. The summed E-state index contributed by atoms with van der Waals surface area (Å²) in [6.45, 7) is 7.27. The van der Waals surface area contributed by atoms with Crippen LogP contribution >= 0.6 is 0 Å². The molecule has 0 radical (unpaired) electrons. The maximum Gasteiger partial charge on any atom is 0.340 e. The minimum atomic E-state index is -0.406. The summed E-state index contributed by atoms with van der Waals surface area (Å²) in [5.74, 6) is 0.153. The van der Waals surface area contributed by atoms with Crippen LogP contribution < -0.4 is 11.1 Å². The first-order chi connectivity index (χ1) is 10.2. The van der Waals surface area contributed by atoms with Crippen LogP contribution in [0.15, 0.2) is 12.3 Å². The number of rotatable bonds is 6. The molecule has 1 aromatic heterocycles. The molecule has 0 bridgehead atoms. The standard InChI is InChI=1S/C15H24N4O2/c1-3-19-9-5-6-11(19)10-18-14-13(16)12(7-8-17-14)15(20)21-4-2/h7-8,11H,3-6,9-10,16H2,1-2H3,(H,17,18). The molecule has 0 aliphatic carbocycles. The Bertz CT molecular complexity index is 493. The van der Waals surface area contributed by atoms with Gasteiger partial charge in [-0.1, -0.05) is 6.92 Å². The minimum Gasteiger partial charge on any atom is -0.462 e. The van der Waals surface area contributed by atoms with Gasteiger partial charge in [-0.15, -0.1) is 0 Å². The largest absolute Gasteiger partial charge is 0.462 e. The number of nitrogens with two attached hydrogens (primary N) is 1. The van der Waals surface area contributed by atoms with E-state index in [0.29, 0.717) is 29.7 Å². The summed E-state index contributed by atoms with van der Waals surface area (Å²) < 4.78 is 4.99. The van der Waals surface area contributed by atoms with E-state index < -0.39 is 5.97 Å². The van der Waals surface area contributed by atoms with Gasteiger partial charge in [0.15, 0.2) is 0 Å². The van der Waals surface area contributed by atoms with E-state index in [0.717, 1.165) is 19.6 Å². The van der Waals surface area contributed by atoms with Crippen molar-refractivity contribution in [2.24, 2.45) is 0 Å². The lowest BCUT2D eigenvalue weighted by molar-refractivity contribution is 0.0527. The normalized spacial score (nSPS) is 18.7. The van der Waals surface area contributed by atoms with E-state index in [1.54, 1.807) is 19.2 Å². The first-order valence-electron chi connectivity index (χ1n) is 7.56. The number of carbonyl (C=O) groups excluding carboxylic acids is 1. The van der Waals surface area contributed by atoms with Crippen molar-refractivity contribution in [3.63, 3.8) is 0 Å². The van der Waals surface area contributed by atoms with Gasteiger partial charge in [-0.3, -0.25) is 4.90 Å². The highest BCUT2D eigenvalue weighted by Crippen LogP contribution is 2.22. The maximum absolute atomic E-state index is 11.8. The predicted molar refractivity (Wildman–Crippen MR) is 83.4 cm³/mol. The molecule has 2 rings (SSSR count). The van der Waals surface area contributed by atoms with Gasteiger partial charge >= 0.3 is 5.97 Å². The van der Waals surface area contributed by atoms with Gasteiger partial charge in [0.25, 0.3) is 0 Å². The Morgan fingerprint density at radius 3 is 3.10 bits per heavy atom. The van der Waals surface area contributed by atoms with Crippen LogP contribution in [0.1, 0.15) is 37.0 Å². The van der Waals surface area contributed by atoms with Gasteiger partial charge in [-0.2, -0.15) is 0 Å². The van der Waals surface area contributed by atoms with Crippen molar-refractivity contribution in [3.05, 3.63) is 17.8 Å². The molecule has 1 saturated heterocycles. The lowest BCUT2D eigenvalue weighted by atomic mass is 10.2. The summed E-state index contributed by atoms with van der Waals surface area (Å²) in [6.07, 6.45) is 3.99. The second kappa shape index (κ2) is 7.26. The number of nitrogen functional groups attached to an aromatic ring is 1.